The van der Waals surface area contributed by atoms with E-state index >= 15 is 0 Å². The second-order valence-corrected chi connectivity index (χ2v) is 10.3. The lowest BCUT2D eigenvalue weighted by atomic mass is 9.78. The van der Waals surface area contributed by atoms with E-state index in [-0.39, 0.29) is 23.8 Å². The second-order valence-electron chi connectivity index (χ2n) is 9.41. The van der Waals surface area contributed by atoms with Crippen LogP contribution in [0, 0.1) is 6.92 Å². The number of hydrogen-bond donors (Lipinski definition) is 2. The molecule has 2 N–H and O–H groups in total. The zero-order chi connectivity index (χ0) is 23.8. The number of carbonyl (C=O) groups excluding carboxylic acids is 1. The summed E-state index contributed by atoms with van der Waals surface area (Å²) in [7, 11) is 0. The molecule has 1 heterocycles. The molecule has 2 atom stereocenters. The first-order valence-electron chi connectivity index (χ1n) is 11.8. The summed E-state index contributed by atoms with van der Waals surface area (Å²) in [5.74, 6) is 1.17. The Morgan fingerprint density at radius 2 is 1.65 bits per heavy atom. The molecule has 0 aromatic heterocycles. The third kappa shape index (κ3) is 4.49. The molecule has 0 saturated carbocycles. The molecule has 4 nitrogen and oxygen atoms in total. The van der Waals surface area contributed by atoms with Crippen molar-refractivity contribution in [3.63, 3.8) is 0 Å². The average molecular weight is 517 g/mol. The quantitative estimate of drug-likeness (QED) is 0.376. The van der Waals surface area contributed by atoms with Crippen molar-refractivity contribution in [2.45, 2.75) is 51.7 Å². The molecule has 2 aliphatic rings. The monoisotopic (exact) mass is 516 g/mol. The van der Waals surface area contributed by atoms with Crippen molar-refractivity contribution in [2.75, 3.05) is 10.6 Å². The van der Waals surface area contributed by atoms with Crippen LogP contribution >= 0.6 is 15.9 Å². The van der Waals surface area contributed by atoms with Gasteiger partial charge in [-0.2, -0.15) is 0 Å². The van der Waals surface area contributed by atoms with Crippen LogP contribution in [-0.2, 0) is 4.79 Å². The molecule has 0 radical (unpaired) electrons. The zero-order valence-electron chi connectivity index (χ0n) is 19.7. The van der Waals surface area contributed by atoms with Crippen LogP contribution in [0.15, 0.2) is 82.5 Å². The Labute approximate surface area is 209 Å². The van der Waals surface area contributed by atoms with E-state index in [1.54, 1.807) is 0 Å². The summed E-state index contributed by atoms with van der Waals surface area (Å²) < 4.78 is 6.85. The van der Waals surface area contributed by atoms with Gasteiger partial charge in [-0.05, 0) is 80.1 Å². The Kier molecular flexibility index (Phi) is 6.22. The predicted molar refractivity (Wildman–Crippen MR) is 142 cm³/mol. The highest BCUT2D eigenvalue weighted by molar-refractivity contribution is 9.10. The molecule has 0 fully saturated rings. The number of nitrogens with one attached hydrogen (secondary N) is 2. The van der Waals surface area contributed by atoms with Crippen LogP contribution in [0.5, 0.6) is 5.75 Å². The van der Waals surface area contributed by atoms with Crippen molar-refractivity contribution < 1.29 is 9.53 Å². The van der Waals surface area contributed by atoms with E-state index in [0.29, 0.717) is 6.42 Å². The molecule has 34 heavy (non-hydrogen) atoms. The normalized spacial score (nSPS) is 19.6. The van der Waals surface area contributed by atoms with E-state index in [0.717, 1.165) is 50.4 Å². The molecule has 2 unspecified atom stereocenters. The van der Waals surface area contributed by atoms with Crippen LogP contribution < -0.4 is 15.4 Å². The van der Waals surface area contributed by atoms with Gasteiger partial charge < -0.3 is 15.4 Å². The van der Waals surface area contributed by atoms with E-state index in [1.165, 1.54) is 5.56 Å². The summed E-state index contributed by atoms with van der Waals surface area (Å²) >= 11 is 3.67. The minimum Gasteiger partial charge on any atom is -0.491 e. The standard InChI is InChI=1S/C29H29BrN2O2/c1-17(2)34-22-12-10-19(11-13-22)21-15-26-28(27(33)16-21)29(20-9-8-18(3)23(30)14-20)32-25-7-5-4-6-24(25)31-26/h4-14,17,21,29,31-32H,15-16H2,1-3H3. The summed E-state index contributed by atoms with van der Waals surface area (Å²) in [6.07, 6.45) is 1.41. The number of rotatable bonds is 4. The number of halogens is 1. The van der Waals surface area contributed by atoms with Gasteiger partial charge >= 0.3 is 0 Å². The summed E-state index contributed by atoms with van der Waals surface area (Å²) in [5.41, 5.74) is 7.25. The molecule has 174 valence electrons. The largest absolute Gasteiger partial charge is 0.491 e. The smallest absolute Gasteiger partial charge is 0.163 e. The third-order valence-corrected chi connectivity index (χ3v) is 7.42. The number of anilines is 2. The molecule has 1 aliphatic carbocycles. The first kappa shape index (κ1) is 22.7. The molecule has 3 aromatic rings. The van der Waals surface area contributed by atoms with Crippen LogP contribution in [0.4, 0.5) is 11.4 Å². The molecular weight excluding hydrogens is 488 g/mol. The summed E-state index contributed by atoms with van der Waals surface area (Å²) in [4.78, 5) is 13.7. The number of benzene rings is 3. The molecule has 0 amide bonds. The maximum Gasteiger partial charge on any atom is 0.163 e. The number of Topliss-reactive ketones (excluding diaryl/α,β-unsaturated/α-hetero) is 1. The number of fused-ring (bicyclic) bond motifs is 1. The van der Waals surface area contributed by atoms with Crippen LogP contribution in [0.25, 0.3) is 0 Å². The van der Waals surface area contributed by atoms with E-state index in [4.69, 9.17) is 4.74 Å². The first-order valence-corrected chi connectivity index (χ1v) is 12.6. The molecule has 0 bridgehead atoms. The van der Waals surface area contributed by atoms with E-state index in [2.05, 4.69) is 76.0 Å². The van der Waals surface area contributed by atoms with Crippen molar-refractivity contribution in [1.82, 2.24) is 0 Å². The molecule has 1 aliphatic heterocycles. The highest BCUT2D eigenvalue weighted by Gasteiger charge is 2.36. The Morgan fingerprint density at radius 3 is 2.35 bits per heavy atom. The van der Waals surface area contributed by atoms with Gasteiger partial charge in [0, 0.05) is 22.2 Å². The number of hydrogen-bond acceptors (Lipinski definition) is 4. The molecular formula is C29H29BrN2O2. The average Bonchev–Trinajstić information content (AvgIpc) is 2.98. The van der Waals surface area contributed by atoms with Gasteiger partial charge in [0.25, 0.3) is 0 Å². The fourth-order valence-electron chi connectivity index (χ4n) is 4.86. The predicted octanol–water partition coefficient (Wildman–Crippen LogP) is 7.52. The Hall–Kier alpha value is -3.05. The Bertz CT molecular complexity index is 1260. The van der Waals surface area contributed by atoms with Crippen LogP contribution in [0.1, 0.15) is 55.3 Å². The molecule has 0 saturated heterocycles. The lowest BCUT2D eigenvalue weighted by Gasteiger charge is -2.30. The summed E-state index contributed by atoms with van der Waals surface area (Å²) in [5, 5.41) is 7.27. The van der Waals surface area contributed by atoms with Crippen molar-refractivity contribution in [3.05, 3.63) is 99.2 Å². The number of allylic oxidation sites excluding steroid dienone is 1. The van der Waals surface area contributed by atoms with Gasteiger partial charge in [0.1, 0.15) is 5.75 Å². The van der Waals surface area contributed by atoms with Gasteiger partial charge in [0.15, 0.2) is 5.78 Å². The highest BCUT2D eigenvalue weighted by Crippen LogP contribution is 2.44. The second kappa shape index (κ2) is 9.30. The van der Waals surface area contributed by atoms with Crippen molar-refractivity contribution in [2.24, 2.45) is 0 Å². The number of ether oxygens (including phenoxy) is 1. The SMILES string of the molecule is Cc1ccc(C2Nc3ccccc3NC3=C2C(=O)CC(c2ccc(OC(C)C)cc2)C3)cc1Br. The molecule has 5 heteroatoms. The number of carbonyl (C=O) groups is 1. The van der Waals surface area contributed by atoms with E-state index < -0.39 is 0 Å². The maximum atomic E-state index is 13.7. The van der Waals surface area contributed by atoms with Gasteiger partial charge in [-0.3, -0.25) is 4.79 Å². The van der Waals surface area contributed by atoms with Crippen LogP contribution in [-0.4, -0.2) is 11.9 Å². The number of aryl methyl sites for hydroxylation is 1. The number of ketones is 1. The molecule has 3 aromatic carbocycles. The van der Waals surface area contributed by atoms with Crippen molar-refractivity contribution in [1.29, 1.82) is 0 Å². The van der Waals surface area contributed by atoms with Crippen LogP contribution in [0.3, 0.4) is 0 Å². The van der Waals surface area contributed by atoms with E-state index in [9.17, 15) is 4.79 Å². The van der Waals surface area contributed by atoms with Gasteiger partial charge in [0.05, 0.1) is 23.5 Å². The van der Waals surface area contributed by atoms with Crippen molar-refractivity contribution in [3.8, 4) is 5.75 Å². The maximum absolute atomic E-state index is 13.7. The minimum atomic E-state index is -0.210. The summed E-state index contributed by atoms with van der Waals surface area (Å²) in [6.45, 7) is 6.12. The van der Waals surface area contributed by atoms with Gasteiger partial charge in [-0.1, -0.05) is 52.3 Å². The Balaban J connectivity index is 1.53. The molecule has 0 spiro atoms. The summed E-state index contributed by atoms with van der Waals surface area (Å²) in [6, 6.07) is 22.5. The fourth-order valence-corrected chi connectivity index (χ4v) is 5.25. The zero-order valence-corrected chi connectivity index (χ0v) is 21.3. The van der Waals surface area contributed by atoms with Gasteiger partial charge in [-0.25, -0.2) is 0 Å². The minimum absolute atomic E-state index is 0.127. The van der Waals surface area contributed by atoms with Gasteiger partial charge in [-0.15, -0.1) is 0 Å². The van der Waals surface area contributed by atoms with Crippen molar-refractivity contribution >= 4 is 33.1 Å². The first-order chi connectivity index (χ1) is 16.4. The fraction of sp³-hybridized carbons (Fsp3) is 0.276. The topological polar surface area (TPSA) is 50.4 Å². The third-order valence-electron chi connectivity index (χ3n) is 6.56. The lowest BCUT2D eigenvalue weighted by Crippen LogP contribution is -2.26. The molecule has 5 rings (SSSR count). The highest BCUT2D eigenvalue weighted by atomic mass is 79.9. The lowest BCUT2D eigenvalue weighted by molar-refractivity contribution is -0.116. The Morgan fingerprint density at radius 1 is 0.941 bits per heavy atom. The van der Waals surface area contributed by atoms with Gasteiger partial charge in [0.2, 0.25) is 0 Å². The number of para-hydroxylation sites is 2. The van der Waals surface area contributed by atoms with Crippen LogP contribution in [0.2, 0.25) is 0 Å². The van der Waals surface area contributed by atoms with E-state index in [1.807, 2.05) is 38.1 Å².